The molecule has 108 valence electrons. The molecule has 0 fully saturated rings. The van der Waals surface area contributed by atoms with Crippen LogP contribution >= 0.6 is 27.3 Å². The van der Waals surface area contributed by atoms with Gasteiger partial charge >= 0.3 is 0 Å². The fourth-order valence-electron chi connectivity index (χ4n) is 1.97. The predicted octanol–water partition coefficient (Wildman–Crippen LogP) is 4.48. The van der Waals surface area contributed by atoms with Crippen LogP contribution in [0.3, 0.4) is 0 Å². The molecule has 0 saturated heterocycles. The zero-order chi connectivity index (χ0) is 15.0. The van der Waals surface area contributed by atoms with Gasteiger partial charge in [0.2, 0.25) is 5.95 Å². The highest BCUT2D eigenvalue weighted by molar-refractivity contribution is 9.10. The van der Waals surface area contributed by atoms with Crippen molar-refractivity contribution in [3.05, 3.63) is 39.4 Å². The second-order valence-electron chi connectivity index (χ2n) is 4.47. The summed E-state index contributed by atoms with van der Waals surface area (Å²) < 4.78 is 13.7. The second kappa shape index (κ2) is 5.57. The SMILES string of the molecule is CCc1cc2c(Nc3ccc(F)c(Br)c3)nc(N)nc2s1. The molecule has 0 bridgehead atoms. The van der Waals surface area contributed by atoms with Crippen LogP contribution in [-0.4, -0.2) is 9.97 Å². The summed E-state index contributed by atoms with van der Waals surface area (Å²) in [5.41, 5.74) is 6.49. The number of anilines is 3. The van der Waals surface area contributed by atoms with E-state index in [0.29, 0.717) is 10.3 Å². The number of thiophene rings is 1. The number of fused-ring (bicyclic) bond motifs is 1. The number of nitrogens with one attached hydrogen (secondary N) is 1. The van der Waals surface area contributed by atoms with Crippen molar-refractivity contribution in [2.75, 3.05) is 11.1 Å². The molecule has 4 nitrogen and oxygen atoms in total. The van der Waals surface area contributed by atoms with E-state index in [9.17, 15) is 4.39 Å². The van der Waals surface area contributed by atoms with E-state index in [2.05, 4.69) is 44.2 Å². The van der Waals surface area contributed by atoms with E-state index in [4.69, 9.17) is 5.73 Å². The van der Waals surface area contributed by atoms with Crippen molar-refractivity contribution in [2.24, 2.45) is 0 Å². The van der Waals surface area contributed by atoms with Gasteiger partial charge in [0.25, 0.3) is 0 Å². The first kappa shape index (κ1) is 14.2. The Morgan fingerprint density at radius 2 is 2.14 bits per heavy atom. The average molecular weight is 367 g/mol. The normalized spacial score (nSPS) is 11.0. The summed E-state index contributed by atoms with van der Waals surface area (Å²) in [6.45, 7) is 2.09. The molecule has 0 aliphatic carbocycles. The number of nitrogens with zero attached hydrogens (tertiary/aromatic N) is 2. The molecule has 7 heteroatoms. The van der Waals surface area contributed by atoms with Gasteiger partial charge in [-0.3, -0.25) is 0 Å². The number of hydrogen-bond donors (Lipinski definition) is 2. The van der Waals surface area contributed by atoms with Crippen molar-refractivity contribution < 1.29 is 4.39 Å². The molecule has 2 heterocycles. The van der Waals surface area contributed by atoms with Gasteiger partial charge < -0.3 is 11.1 Å². The lowest BCUT2D eigenvalue weighted by Crippen LogP contribution is -2.00. The van der Waals surface area contributed by atoms with Crippen LogP contribution in [0.1, 0.15) is 11.8 Å². The average Bonchev–Trinajstić information content (AvgIpc) is 2.86. The molecule has 0 aliphatic rings. The Morgan fingerprint density at radius 3 is 2.86 bits per heavy atom. The lowest BCUT2D eigenvalue weighted by Gasteiger charge is -2.08. The molecule has 2 aromatic heterocycles. The summed E-state index contributed by atoms with van der Waals surface area (Å²) in [4.78, 5) is 10.6. The molecule has 3 N–H and O–H groups in total. The first-order valence-electron chi connectivity index (χ1n) is 6.35. The van der Waals surface area contributed by atoms with Gasteiger partial charge in [0, 0.05) is 10.6 Å². The molecule has 0 atom stereocenters. The van der Waals surface area contributed by atoms with Crippen LogP contribution in [0, 0.1) is 5.82 Å². The van der Waals surface area contributed by atoms with Gasteiger partial charge in [-0.15, -0.1) is 11.3 Å². The third kappa shape index (κ3) is 2.84. The van der Waals surface area contributed by atoms with Crippen molar-refractivity contribution in [1.29, 1.82) is 0 Å². The van der Waals surface area contributed by atoms with Crippen LogP contribution in [0.5, 0.6) is 0 Å². The van der Waals surface area contributed by atoms with Crippen molar-refractivity contribution in [1.82, 2.24) is 9.97 Å². The van der Waals surface area contributed by atoms with Gasteiger partial charge in [0.15, 0.2) is 0 Å². The van der Waals surface area contributed by atoms with Crippen molar-refractivity contribution in [3.63, 3.8) is 0 Å². The van der Waals surface area contributed by atoms with Gasteiger partial charge in [-0.1, -0.05) is 6.92 Å². The molecule has 0 radical (unpaired) electrons. The van der Waals surface area contributed by atoms with Crippen LogP contribution in [0.25, 0.3) is 10.2 Å². The minimum Gasteiger partial charge on any atom is -0.368 e. The molecule has 0 saturated carbocycles. The topological polar surface area (TPSA) is 63.8 Å². The van der Waals surface area contributed by atoms with E-state index >= 15 is 0 Å². The van der Waals surface area contributed by atoms with E-state index in [0.717, 1.165) is 22.3 Å². The Labute approximate surface area is 133 Å². The van der Waals surface area contributed by atoms with E-state index in [1.165, 1.54) is 10.9 Å². The van der Waals surface area contributed by atoms with Crippen LogP contribution in [0.2, 0.25) is 0 Å². The van der Waals surface area contributed by atoms with Gasteiger partial charge in [-0.05, 0) is 46.6 Å². The van der Waals surface area contributed by atoms with Crippen LogP contribution in [0.4, 0.5) is 21.8 Å². The number of nitrogen functional groups attached to an aromatic ring is 1. The molecule has 21 heavy (non-hydrogen) atoms. The molecule has 3 rings (SSSR count). The third-order valence-electron chi connectivity index (χ3n) is 2.99. The number of nitrogens with two attached hydrogens (primary N) is 1. The summed E-state index contributed by atoms with van der Waals surface area (Å²) in [6.07, 6.45) is 0.933. The second-order valence-corrected chi connectivity index (χ2v) is 6.44. The van der Waals surface area contributed by atoms with Crippen molar-refractivity contribution in [2.45, 2.75) is 13.3 Å². The van der Waals surface area contributed by atoms with Crippen molar-refractivity contribution >= 4 is 54.9 Å². The van der Waals surface area contributed by atoms with Crippen LogP contribution < -0.4 is 11.1 Å². The Hall–Kier alpha value is -1.73. The number of aromatic nitrogens is 2. The predicted molar refractivity (Wildman–Crippen MR) is 88.6 cm³/mol. The van der Waals surface area contributed by atoms with Crippen LogP contribution in [-0.2, 0) is 6.42 Å². The number of aryl methyl sites for hydroxylation is 1. The molecule has 1 aromatic carbocycles. The Bertz CT molecular complexity index is 818. The summed E-state index contributed by atoms with van der Waals surface area (Å²) in [6, 6.07) is 6.75. The van der Waals surface area contributed by atoms with E-state index in [1.807, 2.05) is 0 Å². The van der Waals surface area contributed by atoms with E-state index in [1.54, 1.807) is 23.5 Å². The Kier molecular flexibility index (Phi) is 3.77. The van der Waals surface area contributed by atoms with E-state index in [-0.39, 0.29) is 11.8 Å². The maximum Gasteiger partial charge on any atom is 0.223 e. The lowest BCUT2D eigenvalue weighted by molar-refractivity contribution is 0.621. The number of hydrogen-bond acceptors (Lipinski definition) is 5. The maximum absolute atomic E-state index is 13.3. The highest BCUT2D eigenvalue weighted by atomic mass is 79.9. The Balaban J connectivity index is 2.06. The maximum atomic E-state index is 13.3. The van der Waals surface area contributed by atoms with Crippen molar-refractivity contribution in [3.8, 4) is 0 Å². The molecular formula is C14H12BrFN4S. The summed E-state index contributed by atoms with van der Waals surface area (Å²) in [7, 11) is 0. The fraction of sp³-hybridized carbons (Fsp3) is 0.143. The highest BCUT2D eigenvalue weighted by Gasteiger charge is 2.11. The Morgan fingerprint density at radius 1 is 1.33 bits per heavy atom. The summed E-state index contributed by atoms with van der Waals surface area (Å²) >= 11 is 4.77. The zero-order valence-electron chi connectivity index (χ0n) is 11.2. The zero-order valence-corrected chi connectivity index (χ0v) is 13.6. The monoisotopic (exact) mass is 366 g/mol. The van der Waals surface area contributed by atoms with Gasteiger partial charge in [0.05, 0.1) is 9.86 Å². The first-order valence-corrected chi connectivity index (χ1v) is 7.95. The smallest absolute Gasteiger partial charge is 0.223 e. The quantitative estimate of drug-likeness (QED) is 0.716. The van der Waals surface area contributed by atoms with Crippen LogP contribution in [0.15, 0.2) is 28.7 Å². The number of halogens is 2. The number of benzene rings is 1. The summed E-state index contributed by atoms with van der Waals surface area (Å²) in [5, 5.41) is 4.09. The van der Waals surface area contributed by atoms with E-state index < -0.39 is 0 Å². The summed E-state index contributed by atoms with van der Waals surface area (Å²) in [5.74, 6) is 0.541. The molecular weight excluding hydrogens is 355 g/mol. The molecule has 0 amide bonds. The highest BCUT2D eigenvalue weighted by Crippen LogP contribution is 2.32. The van der Waals surface area contributed by atoms with Gasteiger partial charge in [0.1, 0.15) is 16.5 Å². The molecule has 0 aliphatic heterocycles. The standard InChI is InChI=1S/C14H12BrFN4S/c1-2-8-6-9-12(19-14(17)20-13(9)21-8)18-7-3-4-11(16)10(15)5-7/h3-6H,2H2,1H3,(H3,17,18,19,20). The number of rotatable bonds is 3. The van der Waals surface area contributed by atoms with Gasteiger partial charge in [-0.2, -0.15) is 4.98 Å². The molecule has 3 aromatic rings. The first-order chi connectivity index (χ1) is 10.1. The minimum absolute atomic E-state index is 0.218. The largest absolute Gasteiger partial charge is 0.368 e. The molecule has 0 spiro atoms. The molecule has 0 unspecified atom stereocenters. The minimum atomic E-state index is -0.309. The van der Waals surface area contributed by atoms with Gasteiger partial charge in [-0.25, -0.2) is 9.37 Å². The lowest BCUT2D eigenvalue weighted by atomic mass is 10.2. The third-order valence-corrected chi connectivity index (χ3v) is 4.77. The fourth-order valence-corrected chi connectivity index (χ4v) is 3.32.